The number of rotatable bonds is 10. The quantitative estimate of drug-likeness (QED) is 0.119. The Kier molecular flexibility index (Phi) is 16.0. The lowest BCUT2D eigenvalue weighted by Crippen LogP contribution is -2.40. The summed E-state index contributed by atoms with van der Waals surface area (Å²) in [5.74, 6) is -9.56. The normalized spacial score (nSPS) is 16.7. The van der Waals surface area contributed by atoms with Crippen LogP contribution in [0.25, 0.3) is 21.8 Å². The Hall–Kier alpha value is -3.23. The first kappa shape index (κ1) is 41.9. The van der Waals surface area contributed by atoms with Crippen molar-refractivity contribution in [2.45, 2.75) is 56.5 Å². The van der Waals surface area contributed by atoms with Gasteiger partial charge in [0.25, 0.3) is 17.8 Å². The Morgan fingerprint density at radius 3 is 1.63 bits per heavy atom. The molecule has 49 heavy (non-hydrogen) atoms. The number of para-hydroxylation sites is 2. The number of aromatic nitrogens is 2. The van der Waals surface area contributed by atoms with Crippen molar-refractivity contribution in [2.75, 3.05) is 39.6 Å². The van der Waals surface area contributed by atoms with Crippen molar-refractivity contribution in [2.24, 2.45) is 5.73 Å². The molecule has 276 valence electrons. The zero-order chi connectivity index (χ0) is 36.9. The Morgan fingerprint density at radius 1 is 0.816 bits per heavy atom. The molecular formula is C31H42F6N4O7S. The van der Waals surface area contributed by atoms with Crippen LogP contribution in [0.2, 0.25) is 0 Å². The van der Waals surface area contributed by atoms with E-state index in [4.69, 9.17) is 21.1 Å². The van der Waals surface area contributed by atoms with Crippen LogP contribution in [-0.2, 0) is 31.6 Å². The van der Waals surface area contributed by atoms with Gasteiger partial charge in [-0.15, -0.1) is 0 Å². The van der Waals surface area contributed by atoms with Crippen molar-refractivity contribution in [3.63, 3.8) is 0 Å². The van der Waals surface area contributed by atoms with E-state index in [9.17, 15) is 34.8 Å². The number of aliphatic hydroxyl groups excluding tert-OH is 3. The van der Waals surface area contributed by atoms with Crippen LogP contribution in [0, 0.1) is 0 Å². The fourth-order valence-corrected chi connectivity index (χ4v) is 4.87. The molecule has 0 amide bonds. The number of aromatic amines is 2. The maximum atomic E-state index is 12.9. The predicted molar refractivity (Wildman–Crippen MR) is 172 cm³/mol. The van der Waals surface area contributed by atoms with Crippen LogP contribution in [-0.4, -0.2) is 103 Å². The third-order valence-corrected chi connectivity index (χ3v) is 7.46. The third-order valence-electron chi connectivity index (χ3n) is 6.65. The van der Waals surface area contributed by atoms with E-state index in [0.717, 1.165) is 22.9 Å². The van der Waals surface area contributed by atoms with Gasteiger partial charge in [0.1, 0.15) is 33.0 Å². The summed E-state index contributed by atoms with van der Waals surface area (Å²) < 4.78 is 100. The van der Waals surface area contributed by atoms with E-state index in [2.05, 4.69) is 41.9 Å². The molecule has 1 aliphatic rings. The van der Waals surface area contributed by atoms with Gasteiger partial charge in [-0.1, -0.05) is 36.4 Å². The molecule has 11 nitrogen and oxygen atoms in total. The van der Waals surface area contributed by atoms with Gasteiger partial charge < -0.3 is 36.3 Å². The van der Waals surface area contributed by atoms with Gasteiger partial charge in [-0.05, 0) is 49.9 Å². The number of H-pyrrole nitrogens is 2. The SMILES string of the molecule is C[C@@H](N)Cc1c[nH]c2ccccc12.C[C@H](Cc1c[nH]c2ccccc12)NCC(F)(F)CO.O=S1(=O)OCC(F)(F)CO1.OCC(F)(F)CO. The molecule has 0 spiro atoms. The molecule has 2 aromatic carbocycles. The van der Waals surface area contributed by atoms with Crippen LogP contribution in [0.3, 0.4) is 0 Å². The Labute approximate surface area is 279 Å². The lowest BCUT2D eigenvalue weighted by atomic mass is 10.1. The third kappa shape index (κ3) is 15.0. The number of benzene rings is 2. The molecule has 3 heterocycles. The standard InChI is InChI=1S/C14H18F2N2O.C11H14N2.C3H4F2O4S.C3H6F2O2/c1-10(18-8-14(15,16)9-19)6-11-7-17-13-5-3-2-4-12(11)13;1-8(12)6-9-7-13-11-5-3-2-4-10(9)11;4-3(5)1-8-10(6,7)9-2-3;4-3(5,1-6)2-7/h2-5,7,10,17-19H,6,8-9H2,1H3;2-5,7-8,13H,6,12H2,1H3;1-2H2;6-7H,1-2H2/t10-;8-;;/m11../s1. The van der Waals surface area contributed by atoms with Gasteiger partial charge in [0.05, 0.1) is 6.54 Å². The minimum atomic E-state index is -4.13. The van der Waals surface area contributed by atoms with E-state index in [1.165, 1.54) is 16.5 Å². The van der Waals surface area contributed by atoms with E-state index in [1.807, 2.05) is 56.6 Å². The highest BCUT2D eigenvalue weighted by Gasteiger charge is 2.39. The first-order valence-corrected chi connectivity index (χ1v) is 16.2. The van der Waals surface area contributed by atoms with Crippen LogP contribution in [0.4, 0.5) is 26.3 Å². The van der Waals surface area contributed by atoms with Crippen LogP contribution in [0.1, 0.15) is 25.0 Å². The lowest BCUT2D eigenvalue weighted by molar-refractivity contribution is -0.0989. The highest BCUT2D eigenvalue weighted by molar-refractivity contribution is 7.81. The van der Waals surface area contributed by atoms with Gasteiger partial charge >= 0.3 is 10.4 Å². The number of fused-ring (bicyclic) bond motifs is 2. The maximum Gasteiger partial charge on any atom is 0.400 e. The molecule has 0 radical (unpaired) electrons. The number of aliphatic hydroxyl groups is 3. The summed E-state index contributed by atoms with van der Waals surface area (Å²) in [6.07, 6.45) is 5.55. The summed E-state index contributed by atoms with van der Waals surface area (Å²) in [5.41, 5.74) is 10.4. The van der Waals surface area contributed by atoms with Gasteiger partial charge in [-0.3, -0.25) is 0 Å². The van der Waals surface area contributed by atoms with E-state index < -0.39 is 67.7 Å². The van der Waals surface area contributed by atoms with Crippen LogP contribution < -0.4 is 11.1 Å². The monoisotopic (exact) mass is 728 g/mol. The fraction of sp³-hybridized carbons (Fsp3) is 0.484. The first-order chi connectivity index (χ1) is 22.8. The van der Waals surface area contributed by atoms with Gasteiger partial charge in [0, 0.05) is 46.3 Å². The van der Waals surface area contributed by atoms with Crippen molar-refractivity contribution < 1.29 is 58.4 Å². The lowest BCUT2D eigenvalue weighted by Gasteiger charge is -2.20. The van der Waals surface area contributed by atoms with Crippen molar-refractivity contribution in [3.05, 3.63) is 72.1 Å². The van der Waals surface area contributed by atoms with Gasteiger partial charge in [-0.2, -0.15) is 8.42 Å². The molecule has 18 heteroatoms. The molecule has 2 atom stereocenters. The minimum Gasteiger partial charge on any atom is -0.390 e. The number of hydrogen-bond donors (Lipinski definition) is 7. The molecular weight excluding hydrogens is 686 g/mol. The van der Waals surface area contributed by atoms with Crippen molar-refractivity contribution in [1.29, 1.82) is 0 Å². The molecule has 2 aromatic heterocycles. The summed E-state index contributed by atoms with van der Waals surface area (Å²) in [4.78, 5) is 6.40. The molecule has 5 rings (SSSR count). The summed E-state index contributed by atoms with van der Waals surface area (Å²) in [6, 6.07) is 16.3. The van der Waals surface area contributed by atoms with E-state index in [0.29, 0.717) is 6.42 Å². The van der Waals surface area contributed by atoms with Crippen LogP contribution in [0.15, 0.2) is 60.9 Å². The summed E-state index contributed by atoms with van der Waals surface area (Å²) in [6.45, 7) is -2.58. The summed E-state index contributed by atoms with van der Waals surface area (Å²) in [5, 5.41) is 29.0. The molecule has 0 aliphatic carbocycles. The zero-order valence-electron chi connectivity index (χ0n) is 26.8. The summed E-state index contributed by atoms with van der Waals surface area (Å²) >= 11 is 0. The van der Waals surface area contributed by atoms with Gasteiger partial charge in [0.15, 0.2) is 0 Å². The van der Waals surface area contributed by atoms with Gasteiger partial charge in [-0.25, -0.2) is 34.7 Å². The Balaban J connectivity index is 0.000000242. The van der Waals surface area contributed by atoms with Crippen LogP contribution in [0.5, 0.6) is 0 Å². The molecule has 0 bridgehead atoms. The maximum absolute atomic E-state index is 12.9. The van der Waals surface area contributed by atoms with Crippen LogP contribution >= 0.6 is 0 Å². The predicted octanol–water partition coefficient (Wildman–Crippen LogP) is 3.89. The summed E-state index contributed by atoms with van der Waals surface area (Å²) in [7, 11) is -4.13. The molecule has 0 unspecified atom stereocenters. The van der Waals surface area contributed by atoms with E-state index >= 15 is 0 Å². The second-order valence-corrected chi connectivity index (χ2v) is 12.6. The largest absolute Gasteiger partial charge is 0.400 e. The van der Waals surface area contributed by atoms with Crippen molar-refractivity contribution in [3.8, 4) is 0 Å². The molecule has 1 aliphatic heterocycles. The van der Waals surface area contributed by atoms with Gasteiger partial charge in [0.2, 0.25) is 0 Å². The number of nitrogens with one attached hydrogen (secondary N) is 3. The first-order valence-electron chi connectivity index (χ1n) is 14.9. The highest BCUT2D eigenvalue weighted by Crippen LogP contribution is 2.22. The second kappa shape index (κ2) is 18.7. The average Bonchev–Trinajstić information content (AvgIpc) is 3.66. The molecule has 1 fully saturated rings. The Bertz CT molecular complexity index is 1650. The molecule has 4 aromatic rings. The smallest absolute Gasteiger partial charge is 0.390 e. The number of halogens is 6. The Morgan fingerprint density at radius 2 is 1.24 bits per heavy atom. The molecule has 0 saturated carbocycles. The van der Waals surface area contributed by atoms with Crippen molar-refractivity contribution >= 4 is 32.2 Å². The van der Waals surface area contributed by atoms with E-state index in [-0.39, 0.29) is 12.1 Å². The topological polar surface area (TPSA) is 183 Å². The highest BCUT2D eigenvalue weighted by atomic mass is 32.3. The van der Waals surface area contributed by atoms with Crippen molar-refractivity contribution in [1.82, 2.24) is 15.3 Å². The average molecular weight is 729 g/mol. The second-order valence-electron chi connectivity index (χ2n) is 11.4. The number of hydrogen-bond acceptors (Lipinski definition) is 9. The minimum absolute atomic E-state index is 0.0865. The molecule has 8 N–H and O–H groups in total. The van der Waals surface area contributed by atoms with E-state index in [1.54, 1.807) is 0 Å². The molecule has 1 saturated heterocycles. The number of alkyl halides is 6. The number of nitrogens with two attached hydrogens (primary N) is 1. The fourth-order valence-electron chi connectivity index (χ4n) is 4.17. The zero-order valence-corrected chi connectivity index (χ0v) is 27.6.